The van der Waals surface area contributed by atoms with Crippen molar-refractivity contribution >= 4 is 27.2 Å². The van der Waals surface area contributed by atoms with Crippen molar-refractivity contribution in [1.82, 2.24) is 9.88 Å². The molecule has 19 heavy (non-hydrogen) atoms. The lowest BCUT2D eigenvalue weighted by molar-refractivity contribution is 0.191. The Morgan fingerprint density at radius 2 is 2.32 bits per heavy atom. The topological polar surface area (TPSA) is 39.6 Å². The molecule has 2 aromatic heterocycles. The van der Waals surface area contributed by atoms with E-state index in [1.54, 1.807) is 11.3 Å². The molecule has 0 bridgehead atoms. The molecule has 3 rings (SSSR count). The number of hydrogen-bond acceptors (Lipinski definition) is 5. The van der Waals surface area contributed by atoms with Crippen molar-refractivity contribution in [1.29, 1.82) is 0 Å². The number of aliphatic hydroxyl groups is 1. The third kappa shape index (κ3) is 2.45. The van der Waals surface area contributed by atoms with E-state index in [-0.39, 0.29) is 6.10 Å². The molecule has 5 heteroatoms. The van der Waals surface area contributed by atoms with Gasteiger partial charge in [0.05, 0.1) is 6.10 Å². The number of β-amino-alcohol motifs (C(OH)–C–C–N with tert-alkyl or cyclic N) is 1. The molecule has 4 nitrogen and oxygen atoms in total. The summed E-state index contributed by atoms with van der Waals surface area (Å²) in [5.41, 5.74) is 0. The third-order valence-corrected chi connectivity index (χ3v) is 4.48. The quantitative estimate of drug-likeness (QED) is 0.928. The first-order valence-electron chi connectivity index (χ1n) is 6.57. The molecule has 102 valence electrons. The first-order valence-corrected chi connectivity index (χ1v) is 7.45. The summed E-state index contributed by atoms with van der Waals surface area (Å²) < 4.78 is 1.26. The first-order chi connectivity index (χ1) is 9.15. The Morgan fingerprint density at radius 1 is 1.47 bits per heavy atom. The molecule has 3 heterocycles. The van der Waals surface area contributed by atoms with Gasteiger partial charge in [0.15, 0.2) is 0 Å². The number of fused-ring (bicyclic) bond motifs is 1. The number of thiophene rings is 1. The molecule has 0 aliphatic carbocycles. The number of anilines is 1. The molecule has 0 amide bonds. The number of pyridine rings is 1. The van der Waals surface area contributed by atoms with Gasteiger partial charge in [-0.3, -0.25) is 0 Å². The van der Waals surface area contributed by atoms with Gasteiger partial charge in [0.2, 0.25) is 0 Å². The second-order valence-corrected chi connectivity index (χ2v) is 6.37. The highest BCUT2D eigenvalue weighted by Gasteiger charge is 2.32. The average molecular weight is 277 g/mol. The van der Waals surface area contributed by atoms with Gasteiger partial charge >= 0.3 is 0 Å². The van der Waals surface area contributed by atoms with Crippen molar-refractivity contribution in [3.63, 3.8) is 0 Å². The molecular weight excluding hydrogens is 258 g/mol. The van der Waals surface area contributed by atoms with E-state index in [1.807, 2.05) is 6.20 Å². The van der Waals surface area contributed by atoms with Gasteiger partial charge in [0.25, 0.3) is 0 Å². The van der Waals surface area contributed by atoms with E-state index in [0.29, 0.717) is 12.6 Å². The van der Waals surface area contributed by atoms with E-state index in [1.165, 1.54) is 10.1 Å². The lowest BCUT2D eigenvalue weighted by atomic mass is 10.2. The van der Waals surface area contributed by atoms with Gasteiger partial charge in [-0.2, -0.15) is 0 Å². The van der Waals surface area contributed by atoms with Gasteiger partial charge < -0.3 is 14.9 Å². The van der Waals surface area contributed by atoms with E-state index in [2.05, 4.69) is 46.4 Å². The van der Waals surface area contributed by atoms with Crippen LogP contribution in [0, 0.1) is 0 Å². The van der Waals surface area contributed by atoms with Crippen LogP contribution in [-0.2, 0) is 0 Å². The molecule has 1 saturated heterocycles. The van der Waals surface area contributed by atoms with Crippen molar-refractivity contribution in [2.24, 2.45) is 0 Å². The fourth-order valence-electron chi connectivity index (χ4n) is 2.85. The molecule has 2 aromatic rings. The molecular formula is C14H19N3OS. The zero-order valence-corrected chi connectivity index (χ0v) is 12.1. The zero-order chi connectivity index (χ0) is 13.4. The Labute approximate surface area is 117 Å². The van der Waals surface area contributed by atoms with Crippen molar-refractivity contribution in [3.05, 3.63) is 23.7 Å². The van der Waals surface area contributed by atoms with Crippen molar-refractivity contribution in [2.75, 3.05) is 32.1 Å². The van der Waals surface area contributed by atoms with Gasteiger partial charge in [-0.15, -0.1) is 11.3 Å². The summed E-state index contributed by atoms with van der Waals surface area (Å²) >= 11 is 1.74. The molecule has 2 atom stereocenters. The number of aliphatic hydroxyl groups excluding tert-OH is 1. The van der Waals surface area contributed by atoms with E-state index in [4.69, 9.17) is 0 Å². The number of likely N-dealkylation sites (N-methyl/N-ethyl adjacent to an activating group) is 1. The smallest absolute Gasteiger partial charge is 0.137 e. The highest BCUT2D eigenvalue weighted by Crippen LogP contribution is 2.32. The van der Waals surface area contributed by atoms with Crippen LogP contribution >= 0.6 is 11.3 Å². The van der Waals surface area contributed by atoms with Gasteiger partial charge in [0.1, 0.15) is 5.82 Å². The standard InChI is InChI=1S/C14H19N3OS/c1-16(2)8-10-7-11(18)9-17(10)14-12-4-6-19-13(12)3-5-15-14/h3-6,10-11,18H,7-9H2,1-2H3. The fourth-order valence-corrected chi connectivity index (χ4v) is 3.63. The molecule has 0 saturated carbocycles. The second kappa shape index (κ2) is 5.07. The first kappa shape index (κ1) is 12.8. The Morgan fingerprint density at radius 3 is 3.11 bits per heavy atom. The van der Waals surface area contributed by atoms with Crippen molar-refractivity contribution in [3.8, 4) is 0 Å². The summed E-state index contributed by atoms with van der Waals surface area (Å²) in [5, 5.41) is 13.3. The third-order valence-electron chi connectivity index (χ3n) is 3.60. The Hall–Kier alpha value is -1.17. The maximum atomic E-state index is 9.98. The van der Waals surface area contributed by atoms with Gasteiger partial charge in [-0.1, -0.05) is 0 Å². The highest BCUT2D eigenvalue weighted by atomic mass is 32.1. The van der Waals surface area contributed by atoms with E-state index in [0.717, 1.165) is 18.8 Å². The predicted molar refractivity (Wildman–Crippen MR) is 79.9 cm³/mol. The van der Waals surface area contributed by atoms with Crippen LogP contribution in [0.5, 0.6) is 0 Å². The average Bonchev–Trinajstić information content (AvgIpc) is 2.94. The zero-order valence-electron chi connectivity index (χ0n) is 11.3. The molecule has 1 aliphatic heterocycles. The molecule has 0 aromatic carbocycles. The number of rotatable bonds is 3. The van der Waals surface area contributed by atoms with Crippen LogP contribution in [0.1, 0.15) is 6.42 Å². The van der Waals surface area contributed by atoms with Gasteiger partial charge in [-0.25, -0.2) is 4.98 Å². The maximum Gasteiger partial charge on any atom is 0.137 e. The molecule has 0 spiro atoms. The number of aromatic nitrogens is 1. The van der Waals surface area contributed by atoms with Crippen molar-refractivity contribution in [2.45, 2.75) is 18.6 Å². The molecule has 1 aliphatic rings. The molecule has 1 N–H and O–H groups in total. The lowest BCUT2D eigenvalue weighted by Crippen LogP contribution is -2.38. The minimum atomic E-state index is -0.249. The molecule has 0 radical (unpaired) electrons. The van der Waals surface area contributed by atoms with Crippen LogP contribution in [0.3, 0.4) is 0 Å². The SMILES string of the molecule is CN(C)CC1CC(O)CN1c1nccc2sccc12. The fraction of sp³-hybridized carbons (Fsp3) is 0.500. The van der Waals surface area contributed by atoms with Gasteiger partial charge in [-0.05, 0) is 38.0 Å². The predicted octanol–water partition coefficient (Wildman–Crippen LogP) is 1.80. The Kier molecular flexibility index (Phi) is 3.43. The summed E-state index contributed by atoms with van der Waals surface area (Å²) in [4.78, 5) is 8.99. The van der Waals surface area contributed by atoms with E-state index >= 15 is 0 Å². The maximum absolute atomic E-state index is 9.98. The minimum absolute atomic E-state index is 0.249. The highest BCUT2D eigenvalue weighted by molar-refractivity contribution is 7.17. The summed E-state index contributed by atoms with van der Waals surface area (Å²) in [6, 6.07) is 4.51. The van der Waals surface area contributed by atoms with Crippen LogP contribution in [0.15, 0.2) is 23.7 Å². The summed E-state index contributed by atoms with van der Waals surface area (Å²) in [5.74, 6) is 1.02. The summed E-state index contributed by atoms with van der Waals surface area (Å²) in [6.07, 6.45) is 2.44. The molecule has 2 unspecified atom stereocenters. The summed E-state index contributed by atoms with van der Waals surface area (Å²) in [7, 11) is 4.14. The van der Waals surface area contributed by atoms with Gasteiger partial charge in [0, 0.05) is 35.4 Å². The lowest BCUT2D eigenvalue weighted by Gasteiger charge is -2.28. The van der Waals surface area contributed by atoms with E-state index < -0.39 is 0 Å². The minimum Gasteiger partial charge on any atom is -0.391 e. The van der Waals surface area contributed by atoms with Crippen molar-refractivity contribution < 1.29 is 5.11 Å². The normalized spacial score (nSPS) is 23.7. The van der Waals surface area contributed by atoms with E-state index in [9.17, 15) is 5.11 Å². The Balaban J connectivity index is 1.97. The van der Waals surface area contributed by atoms with Crippen LogP contribution in [-0.4, -0.2) is 54.3 Å². The number of hydrogen-bond donors (Lipinski definition) is 1. The molecule has 1 fully saturated rings. The second-order valence-electron chi connectivity index (χ2n) is 5.42. The number of nitrogens with zero attached hydrogens (tertiary/aromatic N) is 3. The van der Waals surface area contributed by atoms with Crippen LogP contribution in [0.4, 0.5) is 5.82 Å². The Bertz CT molecular complexity index is 569. The largest absolute Gasteiger partial charge is 0.391 e. The van der Waals surface area contributed by atoms with Crippen LogP contribution < -0.4 is 4.90 Å². The van der Waals surface area contributed by atoms with Crippen LogP contribution in [0.25, 0.3) is 10.1 Å². The van der Waals surface area contributed by atoms with Crippen LogP contribution in [0.2, 0.25) is 0 Å². The monoisotopic (exact) mass is 277 g/mol. The summed E-state index contributed by atoms with van der Waals surface area (Å²) in [6.45, 7) is 1.62.